The van der Waals surface area contributed by atoms with Gasteiger partial charge in [-0.25, -0.2) is 8.42 Å². The van der Waals surface area contributed by atoms with Crippen LogP contribution in [0.2, 0.25) is 5.02 Å². The fourth-order valence-corrected chi connectivity index (χ4v) is 4.58. The van der Waals surface area contributed by atoms with Gasteiger partial charge in [-0.2, -0.15) is 0 Å². The maximum atomic E-state index is 12.6. The van der Waals surface area contributed by atoms with Crippen LogP contribution in [0.3, 0.4) is 0 Å². The molecule has 194 valence electrons. The lowest BCUT2D eigenvalue weighted by Crippen LogP contribution is -2.17. The molecule has 2 N–H and O–H groups in total. The molecule has 2 aromatic rings. The summed E-state index contributed by atoms with van der Waals surface area (Å²) in [6, 6.07) is 6.53. The van der Waals surface area contributed by atoms with Crippen molar-refractivity contribution in [2.75, 3.05) is 4.72 Å². The van der Waals surface area contributed by atoms with Gasteiger partial charge in [-0.3, -0.25) is 10.1 Å². The highest BCUT2D eigenvalue weighted by molar-refractivity contribution is 8.15. The van der Waals surface area contributed by atoms with Crippen LogP contribution in [0.1, 0.15) is 25.8 Å². The smallest absolute Gasteiger partial charge is 0.432 e. The summed E-state index contributed by atoms with van der Waals surface area (Å²) >= 11 is 7.29. The van der Waals surface area contributed by atoms with Gasteiger partial charge in [-0.05, 0) is 79.4 Å². The lowest BCUT2D eigenvalue weighted by atomic mass is 10.2. The molecule has 0 aliphatic carbocycles. The Kier molecular flexibility index (Phi) is 10.5. The van der Waals surface area contributed by atoms with Crippen LogP contribution in [0, 0.1) is 12.3 Å². The van der Waals surface area contributed by atoms with Crippen molar-refractivity contribution in [2.24, 2.45) is 0 Å². The molecule has 0 spiro atoms. The van der Waals surface area contributed by atoms with Crippen molar-refractivity contribution in [3.8, 4) is 11.5 Å². The van der Waals surface area contributed by atoms with Crippen LogP contribution in [0.15, 0.2) is 76.6 Å². The van der Waals surface area contributed by atoms with Gasteiger partial charge in [-0.15, -0.1) is 13.2 Å². The van der Waals surface area contributed by atoms with Crippen molar-refractivity contribution in [1.82, 2.24) is 0 Å². The largest absolute Gasteiger partial charge is 0.573 e. The molecular weight excluding hydrogens is 537 g/mol. The van der Waals surface area contributed by atoms with Crippen molar-refractivity contribution < 1.29 is 31.1 Å². The summed E-state index contributed by atoms with van der Waals surface area (Å²) in [5.74, 6) is -0.353. The third-order valence-corrected chi connectivity index (χ3v) is 6.77. The molecule has 0 aromatic heterocycles. The average molecular weight is 561 g/mol. The summed E-state index contributed by atoms with van der Waals surface area (Å²) in [4.78, 5) is -0.273. The molecule has 6 nitrogen and oxygen atoms in total. The second kappa shape index (κ2) is 12.9. The molecule has 36 heavy (non-hydrogen) atoms. The number of hydrogen-bond acceptors (Lipinski definition) is 6. The molecule has 0 aliphatic rings. The number of ether oxygens (including phenoxy) is 2. The zero-order chi connectivity index (χ0) is 26.9. The fourth-order valence-electron chi connectivity index (χ4n) is 2.81. The molecule has 0 atom stereocenters. The van der Waals surface area contributed by atoms with Crippen LogP contribution in [0.25, 0.3) is 0 Å². The van der Waals surface area contributed by atoms with Crippen LogP contribution in [-0.4, -0.2) is 20.0 Å². The summed E-state index contributed by atoms with van der Waals surface area (Å²) < 4.78 is 73.7. The van der Waals surface area contributed by atoms with Crippen molar-refractivity contribution in [3.05, 3.63) is 82.3 Å². The van der Waals surface area contributed by atoms with Crippen molar-refractivity contribution in [2.45, 2.75) is 38.4 Å². The molecule has 0 saturated heterocycles. The second-order valence-electron chi connectivity index (χ2n) is 7.14. The van der Waals surface area contributed by atoms with E-state index in [9.17, 15) is 21.6 Å². The molecule has 0 unspecified atom stereocenters. The Morgan fingerprint density at radius 1 is 1.19 bits per heavy atom. The highest BCUT2D eigenvalue weighted by Crippen LogP contribution is 2.34. The second-order valence-corrected chi connectivity index (χ2v) is 10.1. The van der Waals surface area contributed by atoms with Crippen LogP contribution in [0.5, 0.6) is 11.5 Å². The predicted molar refractivity (Wildman–Crippen MR) is 138 cm³/mol. The van der Waals surface area contributed by atoms with E-state index in [1.165, 1.54) is 17.7 Å². The summed E-state index contributed by atoms with van der Waals surface area (Å²) in [5.41, 5.74) is 1.76. The number of aryl methyl sites for hydroxylation is 1. The average Bonchev–Trinajstić information content (AvgIpc) is 2.78. The van der Waals surface area contributed by atoms with Gasteiger partial charge in [0.2, 0.25) is 0 Å². The topological polar surface area (TPSA) is 88.5 Å². The van der Waals surface area contributed by atoms with E-state index >= 15 is 0 Å². The van der Waals surface area contributed by atoms with E-state index in [1.54, 1.807) is 18.4 Å². The maximum absolute atomic E-state index is 12.6. The van der Waals surface area contributed by atoms with Gasteiger partial charge in [0.15, 0.2) is 5.75 Å². The maximum Gasteiger partial charge on any atom is 0.573 e. The Hall–Kier alpha value is -2.89. The van der Waals surface area contributed by atoms with E-state index in [2.05, 4.69) is 16.4 Å². The highest BCUT2D eigenvalue weighted by Gasteiger charge is 2.31. The minimum absolute atomic E-state index is 0.0662. The summed E-state index contributed by atoms with van der Waals surface area (Å²) in [6.07, 6.45) is 3.64. The quantitative estimate of drug-likeness (QED) is 0.185. The summed E-state index contributed by atoms with van der Waals surface area (Å²) in [7, 11) is -4.12. The Morgan fingerprint density at radius 2 is 1.86 bits per heavy atom. The number of benzene rings is 2. The van der Waals surface area contributed by atoms with E-state index in [0.717, 1.165) is 42.4 Å². The third-order valence-electron chi connectivity index (χ3n) is 4.50. The number of allylic oxidation sites excluding steroid dienone is 5. The zero-order valence-electron chi connectivity index (χ0n) is 19.5. The number of rotatable bonds is 9. The zero-order valence-corrected chi connectivity index (χ0v) is 21.9. The molecule has 0 fully saturated rings. The number of thioether (sulfide) groups is 1. The van der Waals surface area contributed by atoms with Crippen LogP contribution >= 0.6 is 23.4 Å². The van der Waals surface area contributed by atoms with Crippen molar-refractivity contribution in [3.63, 3.8) is 0 Å². The van der Waals surface area contributed by atoms with Gasteiger partial charge < -0.3 is 9.47 Å². The number of nitrogens with one attached hydrogen (secondary N) is 2. The number of hydrogen-bond donors (Lipinski definition) is 2. The van der Waals surface area contributed by atoms with Gasteiger partial charge in [0.05, 0.1) is 15.6 Å². The molecule has 2 rings (SSSR count). The van der Waals surface area contributed by atoms with Gasteiger partial charge in [0.1, 0.15) is 5.75 Å². The van der Waals surface area contributed by atoms with Crippen molar-refractivity contribution >= 4 is 44.3 Å². The fraction of sp³-hybridized carbons (Fsp3) is 0.208. The predicted octanol–water partition coefficient (Wildman–Crippen LogP) is 7.82. The van der Waals surface area contributed by atoms with E-state index in [4.69, 9.17) is 21.7 Å². The van der Waals surface area contributed by atoms with E-state index in [1.807, 2.05) is 25.2 Å². The number of alkyl halides is 3. The first-order valence-corrected chi connectivity index (χ1v) is 13.2. The first kappa shape index (κ1) is 29.3. The Morgan fingerprint density at radius 3 is 2.42 bits per heavy atom. The monoisotopic (exact) mass is 560 g/mol. The Bertz CT molecular complexity index is 1250. The number of sulfonamides is 1. The molecule has 0 saturated carbocycles. The third kappa shape index (κ3) is 9.29. The molecule has 0 radical (unpaired) electrons. The van der Waals surface area contributed by atoms with Crippen molar-refractivity contribution in [1.29, 1.82) is 5.41 Å². The molecule has 12 heteroatoms. The number of halogens is 4. The molecule has 0 aliphatic heterocycles. The molecule has 0 amide bonds. The van der Waals surface area contributed by atoms with Crippen LogP contribution in [0.4, 0.5) is 18.9 Å². The first-order valence-electron chi connectivity index (χ1n) is 10.4. The Balaban J connectivity index is 2.07. The van der Waals surface area contributed by atoms with Crippen LogP contribution < -0.4 is 14.2 Å². The van der Waals surface area contributed by atoms with Gasteiger partial charge in [0, 0.05) is 0 Å². The molecule has 2 aromatic carbocycles. The van der Waals surface area contributed by atoms with Crippen LogP contribution in [-0.2, 0) is 10.0 Å². The lowest BCUT2D eigenvalue weighted by Gasteiger charge is -2.14. The van der Waals surface area contributed by atoms with E-state index in [0.29, 0.717) is 5.56 Å². The van der Waals surface area contributed by atoms with Gasteiger partial charge in [0.25, 0.3) is 15.3 Å². The van der Waals surface area contributed by atoms with Gasteiger partial charge >= 0.3 is 6.36 Å². The summed E-state index contributed by atoms with van der Waals surface area (Å²) in [6.45, 7) is 5.64. The minimum Gasteiger partial charge on any atom is -0.432 e. The number of anilines is 1. The molecule has 0 bridgehead atoms. The lowest BCUT2D eigenvalue weighted by molar-refractivity contribution is -0.274. The highest BCUT2D eigenvalue weighted by atomic mass is 35.5. The standard InChI is InChI=1S/C24H24ClF3N2O4S2/c1-4-17(5-2)8-6-7-13-35-23(29)33-22-16(3)14-18(15-21(22)25)30-36(31,32)20-11-9-19(10-12-20)34-24(26,27)28/h4,6-15,29-30H,5H2,1-3H3/b8-6-,13-7+,17-4-,29-23?. The minimum atomic E-state index is -4.89. The van der Waals surface area contributed by atoms with Gasteiger partial charge in [-0.1, -0.05) is 48.4 Å². The van der Waals surface area contributed by atoms with E-state index in [-0.39, 0.29) is 26.6 Å². The molecular formula is C24H24ClF3N2O4S2. The normalized spacial score (nSPS) is 12.8. The van der Waals surface area contributed by atoms with E-state index < -0.39 is 22.1 Å². The Labute approximate surface area is 217 Å². The summed E-state index contributed by atoms with van der Waals surface area (Å²) in [5, 5.41) is 9.60. The SMILES string of the molecule is C\C=C(/C=C\C=C\SC(=N)Oc1c(C)cc(NS(=O)(=O)c2ccc(OC(F)(F)F)cc2)cc1Cl)CC. The molecule has 0 heterocycles. The first-order chi connectivity index (χ1) is 16.8.